The van der Waals surface area contributed by atoms with Crippen molar-refractivity contribution < 1.29 is 4.79 Å². The zero-order valence-corrected chi connectivity index (χ0v) is 23.2. The maximum absolute atomic E-state index is 13.7. The lowest BCUT2D eigenvalue weighted by Crippen LogP contribution is -2.41. The molecular weight excluding hydrogens is 553 g/mol. The summed E-state index contributed by atoms with van der Waals surface area (Å²) in [5.74, 6) is 0.158. The predicted molar refractivity (Wildman–Crippen MR) is 152 cm³/mol. The average molecular weight is 588 g/mol. The van der Waals surface area contributed by atoms with Gasteiger partial charge in [0.05, 0.1) is 10.9 Å². The summed E-state index contributed by atoms with van der Waals surface area (Å²) < 4.78 is 3.51. The van der Waals surface area contributed by atoms with Crippen LogP contribution in [0.2, 0.25) is 0 Å². The largest absolute Gasteiger partial charge is 0.318 e. The lowest BCUT2D eigenvalue weighted by molar-refractivity contribution is -0.124. The highest BCUT2D eigenvalue weighted by atomic mass is 127. The van der Waals surface area contributed by atoms with Crippen molar-refractivity contribution in [2.45, 2.75) is 90.1 Å². The molecule has 1 saturated heterocycles. The number of benzene rings is 1. The van der Waals surface area contributed by atoms with Gasteiger partial charge in [-0.25, -0.2) is 0 Å². The number of amides is 1. The molecule has 6 heteroatoms. The summed E-state index contributed by atoms with van der Waals surface area (Å²) in [6.07, 6.45) is 14.2. The summed E-state index contributed by atoms with van der Waals surface area (Å²) in [7, 11) is 0. The number of rotatable bonds is 4. The number of amidine groups is 1. The molecule has 1 aromatic heterocycles. The van der Waals surface area contributed by atoms with E-state index in [0.717, 1.165) is 47.0 Å². The first-order chi connectivity index (χ1) is 16.5. The molecule has 1 aromatic carbocycles. The lowest BCUT2D eigenvalue weighted by Gasteiger charge is -2.31. The van der Waals surface area contributed by atoms with E-state index in [1.165, 1.54) is 53.5 Å². The third-order valence-electron chi connectivity index (χ3n) is 7.49. The third kappa shape index (κ3) is 5.03. The third-order valence-corrected chi connectivity index (χ3v) is 9.20. The van der Waals surface area contributed by atoms with Crippen molar-refractivity contribution in [1.29, 1.82) is 0 Å². The van der Waals surface area contributed by atoms with E-state index in [1.807, 2.05) is 0 Å². The van der Waals surface area contributed by atoms with E-state index in [9.17, 15) is 4.79 Å². The minimum atomic E-state index is 0.158. The van der Waals surface area contributed by atoms with E-state index < -0.39 is 0 Å². The maximum atomic E-state index is 13.7. The molecule has 5 rings (SSSR count). The fourth-order valence-corrected chi connectivity index (χ4v) is 7.13. The van der Waals surface area contributed by atoms with Crippen LogP contribution in [0.25, 0.3) is 11.8 Å². The van der Waals surface area contributed by atoms with E-state index >= 15 is 0 Å². The number of hydrogen-bond donors (Lipinski definition) is 0. The highest BCUT2D eigenvalue weighted by Gasteiger charge is 2.39. The molecule has 2 heterocycles. The number of nitrogens with zero attached hydrogens (tertiary/aromatic N) is 3. The topological polar surface area (TPSA) is 37.6 Å². The van der Waals surface area contributed by atoms with Gasteiger partial charge in [0.15, 0.2) is 5.17 Å². The molecule has 34 heavy (non-hydrogen) atoms. The molecule has 3 fully saturated rings. The molecule has 0 atom stereocenters. The minimum absolute atomic E-state index is 0.158. The van der Waals surface area contributed by atoms with Crippen molar-refractivity contribution in [3.8, 4) is 5.69 Å². The van der Waals surface area contributed by atoms with Crippen molar-refractivity contribution in [2.24, 2.45) is 4.99 Å². The van der Waals surface area contributed by atoms with Crippen LogP contribution < -0.4 is 0 Å². The minimum Gasteiger partial charge on any atom is -0.318 e. The van der Waals surface area contributed by atoms with Gasteiger partial charge in [-0.05, 0) is 116 Å². The number of carbonyl (C=O) groups excluding carboxylic acids is 1. The van der Waals surface area contributed by atoms with E-state index in [0.29, 0.717) is 12.1 Å². The highest BCUT2D eigenvalue weighted by molar-refractivity contribution is 14.1. The number of aromatic nitrogens is 1. The van der Waals surface area contributed by atoms with E-state index in [4.69, 9.17) is 4.99 Å². The molecule has 2 aliphatic carbocycles. The second-order valence-electron chi connectivity index (χ2n) is 9.92. The first-order valence-corrected chi connectivity index (χ1v) is 14.7. The fraction of sp³-hybridized carbons (Fsp3) is 0.500. The molecule has 1 aliphatic heterocycles. The van der Waals surface area contributed by atoms with Gasteiger partial charge < -0.3 is 4.57 Å². The second-order valence-corrected chi connectivity index (χ2v) is 12.2. The Hall–Kier alpha value is -1.54. The van der Waals surface area contributed by atoms with Gasteiger partial charge in [0.2, 0.25) is 0 Å². The maximum Gasteiger partial charge on any atom is 0.267 e. The Morgan fingerprint density at radius 3 is 2.29 bits per heavy atom. The Bertz CT molecular complexity index is 1110. The standard InChI is InChI=1S/C28H34IN3OS/c1-19-17-21(20(2)31(19)25-15-13-22(29)14-16-25)18-26-27(33)32(24-11-7-4-8-12-24)28(34-26)30-23-9-5-3-6-10-23/h13-18,23-24H,3-12H2,1-2H3/b26-18-,30-28?. The van der Waals surface area contributed by atoms with Crippen LogP contribution in [0.5, 0.6) is 0 Å². The Morgan fingerprint density at radius 2 is 1.62 bits per heavy atom. The van der Waals surface area contributed by atoms with Gasteiger partial charge in [-0.3, -0.25) is 14.7 Å². The van der Waals surface area contributed by atoms with Gasteiger partial charge in [0, 0.05) is 26.7 Å². The summed E-state index contributed by atoms with van der Waals surface area (Å²) in [6, 6.07) is 11.5. The fourth-order valence-electron chi connectivity index (χ4n) is 5.67. The Kier molecular flexibility index (Phi) is 7.54. The van der Waals surface area contributed by atoms with E-state index in [2.05, 4.69) is 82.3 Å². The summed E-state index contributed by atoms with van der Waals surface area (Å²) in [6.45, 7) is 4.29. The van der Waals surface area contributed by atoms with Crippen LogP contribution in [-0.4, -0.2) is 32.6 Å². The first kappa shape index (κ1) is 24.2. The van der Waals surface area contributed by atoms with Crippen molar-refractivity contribution in [2.75, 3.05) is 0 Å². The predicted octanol–water partition coefficient (Wildman–Crippen LogP) is 7.64. The quantitative estimate of drug-likeness (QED) is 0.273. The van der Waals surface area contributed by atoms with Gasteiger partial charge in [0.1, 0.15) is 0 Å². The van der Waals surface area contributed by atoms with Gasteiger partial charge >= 0.3 is 0 Å². The van der Waals surface area contributed by atoms with E-state index in [-0.39, 0.29) is 5.91 Å². The van der Waals surface area contributed by atoms with Gasteiger partial charge in [-0.15, -0.1) is 0 Å². The summed E-state index contributed by atoms with van der Waals surface area (Å²) in [4.78, 5) is 21.8. The zero-order valence-electron chi connectivity index (χ0n) is 20.2. The van der Waals surface area contributed by atoms with Crippen molar-refractivity contribution in [3.05, 3.63) is 55.8 Å². The van der Waals surface area contributed by atoms with Gasteiger partial charge in [-0.2, -0.15) is 0 Å². The normalized spacial score (nSPS) is 22.9. The Labute approximate surface area is 221 Å². The van der Waals surface area contributed by atoms with Gasteiger partial charge in [0.25, 0.3) is 5.91 Å². The molecule has 2 aromatic rings. The van der Waals surface area contributed by atoms with Crippen molar-refractivity contribution in [3.63, 3.8) is 0 Å². The van der Waals surface area contributed by atoms with Crippen molar-refractivity contribution in [1.82, 2.24) is 9.47 Å². The number of aliphatic imine (C=N–C) groups is 1. The number of carbonyl (C=O) groups is 1. The summed E-state index contributed by atoms with van der Waals surface area (Å²) in [5, 5.41) is 0.960. The molecule has 0 N–H and O–H groups in total. The second kappa shape index (κ2) is 10.6. The summed E-state index contributed by atoms with van der Waals surface area (Å²) >= 11 is 3.95. The molecule has 0 bridgehead atoms. The Balaban J connectivity index is 1.48. The Morgan fingerprint density at radius 1 is 0.971 bits per heavy atom. The number of aryl methyl sites for hydroxylation is 1. The monoisotopic (exact) mass is 587 g/mol. The first-order valence-electron chi connectivity index (χ1n) is 12.8. The van der Waals surface area contributed by atoms with Crippen LogP contribution in [0, 0.1) is 17.4 Å². The van der Waals surface area contributed by atoms with Crippen LogP contribution in [0.4, 0.5) is 0 Å². The SMILES string of the molecule is Cc1cc(/C=C2\SC(=NC3CCCCC3)N(C3CCCCC3)C2=O)c(C)n1-c1ccc(I)cc1. The molecule has 0 spiro atoms. The molecule has 4 nitrogen and oxygen atoms in total. The van der Waals surface area contributed by atoms with Crippen LogP contribution in [0.3, 0.4) is 0 Å². The molecule has 0 radical (unpaired) electrons. The molecule has 0 unspecified atom stereocenters. The molecule has 2 saturated carbocycles. The van der Waals surface area contributed by atoms with Gasteiger partial charge in [-0.1, -0.05) is 38.5 Å². The van der Waals surface area contributed by atoms with Crippen LogP contribution in [0.1, 0.15) is 81.2 Å². The highest BCUT2D eigenvalue weighted by Crippen LogP contribution is 2.39. The smallest absolute Gasteiger partial charge is 0.267 e. The van der Waals surface area contributed by atoms with Crippen molar-refractivity contribution >= 4 is 51.5 Å². The average Bonchev–Trinajstić information content (AvgIpc) is 3.30. The van der Waals surface area contributed by atoms with Crippen LogP contribution in [-0.2, 0) is 4.79 Å². The number of hydrogen-bond acceptors (Lipinski definition) is 3. The molecular formula is C28H34IN3OS. The number of halogens is 1. The van der Waals surface area contributed by atoms with Crippen LogP contribution in [0.15, 0.2) is 40.2 Å². The molecule has 180 valence electrons. The molecule has 3 aliphatic rings. The number of thioether (sulfide) groups is 1. The lowest BCUT2D eigenvalue weighted by atomic mass is 9.94. The van der Waals surface area contributed by atoms with E-state index in [1.54, 1.807) is 11.8 Å². The zero-order chi connectivity index (χ0) is 23.7. The van der Waals surface area contributed by atoms with Crippen LogP contribution >= 0.6 is 34.4 Å². The summed E-state index contributed by atoms with van der Waals surface area (Å²) in [5.41, 5.74) is 4.63. The molecule has 1 amide bonds.